The van der Waals surface area contributed by atoms with Gasteiger partial charge in [0.25, 0.3) is 0 Å². The van der Waals surface area contributed by atoms with E-state index in [0.29, 0.717) is 0 Å². The van der Waals surface area contributed by atoms with Crippen LogP contribution in [0.2, 0.25) is 0 Å². The smallest absolute Gasteiger partial charge is 0.0433 e. The number of fused-ring (bicyclic) bond motifs is 6. The molecule has 1 heterocycles. The highest BCUT2D eigenvalue weighted by Crippen LogP contribution is 2.44. The molecule has 8 rings (SSSR count). The molecule has 0 spiro atoms. The fourth-order valence-electron chi connectivity index (χ4n) is 5.98. The third-order valence-electron chi connectivity index (χ3n) is 7.93. The van der Waals surface area contributed by atoms with E-state index in [0.717, 1.165) is 6.42 Å². The molecular weight excluding hydrogens is 476 g/mol. The first-order chi connectivity index (χ1) is 18.8. The first-order valence-electron chi connectivity index (χ1n) is 13.1. The van der Waals surface area contributed by atoms with Crippen molar-refractivity contribution >= 4 is 31.5 Å². The minimum atomic E-state index is 1.01. The second-order valence-corrected chi connectivity index (χ2v) is 11.2. The topological polar surface area (TPSA) is 0 Å². The summed E-state index contributed by atoms with van der Waals surface area (Å²) in [4.78, 5) is 0. The molecule has 7 aromatic rings. The third-order valence-corrected chi connectivity index (χ3v) is 9.15. The molecule has 1 heteroatoms. The molecule has 0 nitrogen and oxygen atoms in total. The first-order valence-corrected chi connectivity index (χ1v) is 14.0. The van der Waals surface area contributed by atoms with Crippen LogP contribution in [0.3, 0.4) is 0 Å². The van der Waals surface area contributed by atoms with Crippen LogP contribution in [0.15, 0.2) is 133 Å². The van der Waals surface area contributed by atoms with E-state index in [1.54, 1.807) is 0 Å². The van der Waals surface area contributed by atoms with E-state index < -0.39 is 0 Å². The fraction of sp³-hybridized carbons (Fsp3) is 0.0270. The lowest BCUT2D eigenvalue weighted by molar-refractivity contribution is 1.26. The van der Waals surface area contributed by atoms with Crippen molar-refractivity contribution in [1.29, 1.82) is 0 Å². The molecule has 1 aromatic heterocycles. The van der Waals surface area contributed by atoms with E-state index in [1.807, 2.05) is 11.3 Å². The van der Waals surface area contributed by atoms with Gasteiger partial charge in [-0.3, -0.25) is 0 Å². The third kappa shape index (κ3) is 3.44. The Hall–Kier alpha value is -4.46. The van der Waals surface area contributed by atoms with Crippen LogP contribution in [0.4, 0.5) is 0 Å². The average Bonchev–Trinajstić information content (AvgIpc) is 3.55. The van der Waals surface area contributed by atoms with Gasteiger partial charge in [-0.2, -0.15) is 0 Å². The first kappa shape index (κ1) is 21.6. The molecule has 1 aliphatic rings. The molecule has 0 unspecified atom stereocenters. The maximum absolute atomic E-state index is 2.42. The molecule has 0 saturated carbocycles. The van der Waals surface area contributed by atoms with Crippen LogP contribution in [0, 0.1) is 0 Å². The lowest BCUT2D eigenvalue weighted by Gasteiger charge is -2.10. The lowest BCUT2D eigenvalue weighted by atomic mass is 9.95. The van der Waals surface area contributed by atoms with Gasteiger partial charge in [-0.1, -0.05) is 115 Å². The maximum atomic E-state index is 2.42. The van der Waals surface area contributed by atoms with Crippen LogP contribution in [-0.4, -0.2) is 0 Å². The van der Waals surface area contributed by atoms with Crippen molar-refractivity contribution in [2.75, 3.05) is 0 Å². The molecule has 1 aliphatic carbocycles. The second kappa shape index (κ2) is 8.55. The highest BCUT2D eigenvalue weighted by molar-refractivity contribution is 7.26. The lowest BCUT2D eigenvalue weighted by Crippen LogP contribution is -1.84. The molecular formula is C37H24S. The van der Waals surface area contributed by atoms with E-state index in [4.69, 9.17) is 0 Å². The van der Waals surface area contributed by atoms with Gasteiger partial charge in [-0.25, -0.2) is 0 Å². The van der Waals surface area contributed by atoms with Crippen LogP contribution in [-0.2, 0) is 6.42 Å². The highest BCUT2D eigenvalue weighted by Gasteiger charge is 2.20. The van der Waals surface area contributed by atoms with Crippen molar-refractivity contribution in [2.24, 2.45) is 0 Å². The van der Waals surface area contributed by atoms with Crippen molar-refractivity contribution in [3.63, 3.8) is 0 Å². The summed E-state index contributed by atoms with van der Waals surface area (Å²) < 4.78 is 2.73. The van der Waals surface area contributed by atoms with Gasteiger partial charge in [0.15, 0.2) is 0 Å². The zero-order valence-electron chi connectivity index (χ0n) is 20.8. The predicted molar refractivity (Wildman–Crippen MR) is 164 cm³/mol. The van der Waals surface area contributed by atoms with Gasteiger partial charge < -0.3 is 0 Å². The van der Waals surface area contributed by atoms with Crippen LogP contribution in [0.5, 0.6) is 0 Å². The Balaban J connectivity index is 1.20. The summed E-state index contributed by atoms with van der Waals surface area (Å²) >= 11 is 1.90. The van der Waals surface area contributed by atoms with E-state index in [-0.39, 0.29) is 0 Å². The van der Waals surface area contributed by atoms with Gasteiger partial charge in [0.2, 0.25) is 0 Å². The number of thiophene rings is 1. The molecule has 0 N–H and O–H groups in total. The zero-order chi connectivity index (χ0) is 25.1. The Kier molecular flexibility index (Phi) is 4.86. The summed E-state index contributed by atoms with van der Waals surface area (Å²) in [5, 5.41) is 2.70. The Morgan fingerprint density at radius 2 is 0.974 bits per heavy atom. The standard InChI is InChI=1S/C37H24S/c1-2-7-24(8-3-1)25-13-15-26(16-14-25)27-17-18-28-21-29-19-20-30(23-35(29)34(28)22-27)31-10-6-11-33-32-9-4-5-12-36(32)38-37(31)33/h1-20,22-23H,21H2. The number of rotatable bonds is 3. The number of hydrogen-bond acceptors (Lipinski definition) is 1. The normalized spacial score (nSPS) is 12.1. The second-order valence-electron chi connectivity index (χ2n) is 10.1. The van der Waals surface area contributed by atoms with E-state index in [2.05, 4.69) is 133 Å². The number of benzene rings is 6. The van der Waals surface area contributed by atoms with Crippen LogP contribution >= 0.6 is 11.3 Å². The van der Waals surface area contributed by atoms with Crippen LogP contribution in [0.25, 0.3) is 64.7 Å². The molecule has 0 bridgehead atoms. The molecule has 0 radical (unpaired) electrons. The van der Waals surface area contributed by atoms with Gasteiger partial charge in [0.1, 0.15) is 0 Å². The number of hydrogen-bond donors (Lipinski definition) is 0. The molecule has 38 heavy (non-hydrogen) atoms. The molecule has 0 saturated heterocycles. The molecule has 0 aliphatic heterocycles. The van der Waals surface area contributed by atoms with E-state index in [9.17, 15) is 0 Å². The predicted octanol–water partition coefficient (Wildman–Crippen LogP) is 10.6. The van der Waals surface area contributed by atoms with Crippen LogP contribution in [0.1, 0.15) is 11.1 Å². The van der Waals surface area contributed by atoms with E-state index in [1.165, 1.54) is 75.8 Å². The maximum Gasteiger partial charge on any atom is 0.0433 e. The molecule has 178 valence electrons. The van der Waals surface area contributed by atoms with Crippen molar-refractivity contribution in [3.8, 4) is 44.5 Å². The quantitative estimate of drug-likeness (QED) is 0.226. The molecule has 0 fully saturated rings. The Morgan fingerprint density at radius 3 is 1.76 bits per heavy atom. The highest BCUT2D eigenvalue weighted by atomic mass is 32.1. The summed E-state index contributed by atoms with van der Waals surface area (Å²) in [6.45, 7) is 0. The Labute approximate surface area is 226 Å². The summed E-state index contributed by atoms with van der Waals surface area (Å²) in [6, 6.07) is 49.1. The summed E-state index contributed by atoms with van der Waals surface area (Å²) in [5.74, 6) is 0. The molecule has 0 amide bonds. The molecule has 6 aromatic carbocycles. The Morgan fingerprint density at radius 1 is 0.395 bits per heavy atom. The van der Waals surface area contributed by atoms with Gasteiger partial charge in [-0.15, -0.1) is 11.3 Å². The van der Waals surface area contributed by atoms with Crippen molar-refractivity contribution in [2.45, 2.75) is 6.42 Å². The van der Waals surface area contributed by atoms with Gasteiger partial charge in [0.05, 0.1) is 0 Å². The van der Waals surface area contributed by atoms with Crippen molar-refractivity contribution < 1.29 is 0 Å². The summed E-state index contributed by atoms with van der Waals surface area (Å²) in [6.07, 6.45) is 1.01. The minimum absolute atomic E-state index is 1.01. The van der Waals surface area contributed by atoms with E-state index >= 15 is 0 Å². The Bertz CT molecular complexity index is 1970. The average molecular weight is 501 g/mol. The van der Waals surface area contributed by atoms with Gasteiger partial charge >= 0.3 is 0 Å². The summed E-state index contributed by atoms with van der Waals surface area (Å²) in [7, 11) is 0. The van der Waals surface area contributed by atoms with Crippen LogP contribution < -0.4 is 0 Å². The zero-order valence-corrected chi connectivity index (χ0v) is 21.6. The minimum Gasteiger partial charge on any atom is -0.135 e. The fourth-order valence-corrected chi connectivity index (χ4v) is 7.21. The SMILES string of the molecule is c1ccc(-c2ccc(-c3ccc4c(c3)-c3cc(-c5cccc6c5sc5ccccc56)ccc3C4)cc2)cc1. The monoisotopic (exact) mass is 500 g/mol. The molecule has 0 atom stereocenters. The van der Waals surface area contributed by atoms with Crippen molar-refractivity contribution in [1.82, 2.24) is 0 Å². The van der Waals surface area contributed by atoms with Crippen molar-refractivity contribution in [3.05, 3.63) is 145 Å². The van der Waals surface area contributed by atoms with Gasteiger partial charge in [-0.05, 0) is 80.3 Å². The van der Waals surface area contributed by atoms with Gasteiger partial charge in [0, 0.05) is 20.2 Å². The summed E-state index contributed by atoms with van der Waals surface area (Å²) in [5.41, 5.74) is 13.2. The largest absolute Gasteiger partial charge is 0.135 e.